The van der Waals surface area contributed by atoms with E-state index in [2.05, 4.69) is 10.3 Å². The Morgan fingerprint density at radius 1 is 1.07 bits per heavy atom. The van der Waals surface area contributed by atoms with Gasteiger partial charge in [0.05, 0.1) is 6.61 Å². The highest BCUT2D eigenvalue weighted by atomic mass is 16.5. The van der Waals surface area contributed by atoms with Crippen LogP contribution in [0.25, 0.3) is 0 Å². The summed E-state index contributed by atoms with van der Waals surface area (Å²) in [4.78, 5) is 43.9. The first-order valence-electron chi connectivity index (χ1n) is 8.87. The number of hydrogen-bond donors (Lipinski definition) is 1. The zero-order valence-corrected chi connectivity index (χ0v) is 15.8. The lowest BCUT2D eigenvalue weighted by molar-refractivity contribution is -0.127. The molecule has 1 aliphatic rings. The second-order valence-electron chi connectivity index (χ2n) is 6.30. The third kappa shape index (κ3) is 3.84. The van der Waals surface area contributed by atoms with Gasteiger partial charge >= 0.3 is 0 Å². The van der Waals surface area contributed by atoms with Gasteiger partial charge in [-0.25, -0.2) is 0 Å². The van der Waals surface area contributed by atoms with Gasteiger partial charge in [0.2, 0.25) is 17.5 Å². The predicted molar refractivity (Wildman–Crippen MR) is 102 cm³/mol. The molecule has 1 aromatic carbocycles. The van der Waals surface area contributed by atoms with Crippen LogP contribution in [0.3, 0.4) is 0 Å². The number of hydrogen-bond acceptors (Lipinski definition) is 6. The van der Waals surface area contributed by atoms with E-state index in [4.69, 9.17) is 4.74 Å². The van der Waals surface area contributed by atoms with E-state index in [-0.39, 0.29) is 42.0 Å². The highest BCUT2D eigenvalue weighted by molar-refractivity contribution is 6.27. The predicted octanol–water partition coefficient (Wildman–Crippen LogP) is 1.96. The summed E-state index contributed by atoms with van der Waals surface area (Å²) in [6.07, 6.45) is 3.30. The fourth-order valence-corrected chi connectivity index (χ4v) is 3.08. The number of ether oxygens (including phenoxy) is 1. The van der Waals surface area contributed by atoms with Crippen LogP contribution in [0.2, 0.25) is 0 Å². The molecule has 28 heavy (non-hydrogen) atoms. The molecule has 0 radical (unpaired) electrons. The van der Waals surface area contributed by atoms with Crippen molar-refractivity contribution in [1.29, 1.82) is 0 Å². The minimum absolute atomic E-state index is 0.0577. The van der Waals surface area contributed by atoms with E-state index < -0.39 is 0 Å². The number of benzene rings is 1. The van der Waals surface area contributed by atoms with Gasteiger partial charge in [0.15, 0.2) is 0 Å². The number of ketones is 2. The number of pyridine rings is 1. The Morgan fingerprint density at radius 2 is 1.71 bits per heavy atom. The van der Waals surface area contributed by atoms with Crippen molar-refractivity contribution >= 4 is 17.5 Å². The third-order valence-electron chi connectivity index (χ3n) is 4.48. The zero-order chi connectivity index (χ0) is 20.1. The standard InChI is InChI=1S/C21H21N3O4/c1-14(25)24(11-12-28-2)19-18(23-13-15-7-9-22-10-8-15)20(26)16-5-3-4-6-17(16)21(19)27/h3-10,23H,11-13H2,1-2H3. The minimum atomic E-state index is -0.362. The fraction of sp³-hybridized carbons (Fsp3) is 0.238. The van der Waals surface area contributed by atoms with Gasteiger partial charge < -0.3 is 15.0 Å². The molecule has 7 nitrogen and oxygen atoms in total. The van der Waals surface area contributed by atoms with Gasteiger partial charge in [-0.2, -0.15) is 0 Å². The summed E-state index contributed by atoms with van der Waals surface area (Å²) >= 11 is 0. The number of nitrogens with one attached hydrogen (secondary N) is 1. The molecule has 1 amide bonds. The van der Waals surface area contributed by atoms with Crippen LogP contribution < -0.4 is 5.32 Å². The Labute approximate surface area is 163 Å². The van der Waals surface area contributed by atoms with Crippen LogP contribution in [0.15, 0.2) is 60.2 Å². The van der Waals surface area contributed by atoms with Crippen molar-refractivity contribution in [3.63, 3.8) is 0 Å². The van der Waals surface area contributed by atoms with E-state index in [1.165, 1.54) is 18.9 Å². The number of rotatable bonds is 7. The maximum Gasteiger partial charge on any atom is 0.224 e. The molecule has 0 fully saturated rings. The molecule has 0 bridgehead atoms. The average Bonchev–Trinajstić information content (AvgIpc) is 2.71. The van der Waals surface area contributed by atoms with Crippen molar-refractivity contribution < 1.29 is 19.1 Å². The molecule has 1 N–H and O–H groups in total. The largest absolute Gasteiger partial charge is 0.383 e. The molecule has 1 heterocycles. The molecule has 1 aromatic heterocycles. The number of nitrogens with zero attached hydrogens (tertiary/aromatic N) is 2. The van der Waals surface area contributed by atoms with E-state index in [1.807, 2.05) is 12.1 Å². The number of fused-ring (bicyclic) bond motifs is 1. The Kier molecular flexibility index (Phi) is 5.96. The van der Waals surface area contributed by atoms with E-state index in [1.54, 1.807) is 36.7 Å². The van der Waals surface area contributed by atoms with Gasteiger partial charge in [0.25, 0.3) is 0 Å². The topological polar surface area (TPSA) is 88.6 Å². The summed E-state index contributed by atoms with van der Waals surface area (Å²) in [5.74, 6) is -1.02. The monoisotopic (exact) mass is 379 g/mol. The number of Topliss-reactive ketones (excluding diaryl/α,β-unsaturated/α-hetero) is 2. The van der Waals surface area contributed by atoms with E-state index in [9.17, 15) is 14.4 Å². The smallest absolute Gasteiger partial charge is 0.224 e. The number of carbonyl (C=O) groups excluding carboxylic acids is 3. The van der Waals surface area contributed by atoms with E-state index in [0.29, 0.717) is 17.7 Å². The molecule has 0 spiro atoms. The second-order valence-corrected chi connectivity index (χ2v) is 6.30. The molecule has 1 aliphatic carbocycles. The van der Waals surface area contributed by atoms with E-state index in [0.717, 1.165) is 5.56 Å². The van der Waals surface area contributed by atoms with Gasteiger partial charge in [-0.3, -0.25) is 19.4 Å². The van der Waals surface area contributed by atoms with Crippen molar-refractivity contribution in [3.05, 3.63) is 76.9 Å². The molecule has 0 saturated heterocycles. The van der Waals surface area contributed by atoms with Gasteiger partial charge in [-0.15, -0.1) is 0 Å². The lowest BCUT2D eigenvalue weighted by atomic mass is 9.89. The molecule has 2 aromatic rings. The summed E-state index contributed by atoms with van der Waals surface area (Å²) in [7, 11) is 1.51. The summed E-state index contributed by atoms with van der Waals surface area (Å²) < 4.78 is 5.07. The Bertz CT molecular complexity index is 938. The second kappa shape index (κ2) is 8.58. The lowest BCUT2D eigenvalue weighted by Crippen LogP contribution is -2.41. The number of amides is 1. The molecular formula is C21H21N3O4. The molecule has 7 heteroatoms. The molecule has 0 unspecified atom stereocenters. The van der Waals surface area contributed by atoms with Crippen LogP contribution in [-0.2, 0) is 16.1 Å². The van der Waals surface area contributed by atoms with Crippen LogP contribution in [-0.4, -0.2) is 47.6 Å². The van der Waals surface area contributed by atoms with Gasteiger partial charge in [0.1, 0.15) is 11.4 Å². The van der Waals surface area contributed by atoms with Gasteiger partial charge in [0, 0.05) is 50.6 Å². The average molecular weight is 379 g/mol. The normalized spacial score (nSPS) is 13.4. The first kappa shape index (κ1) is 19.4. The quantitative estimate of drug-likeness (QED) is 0.791. The number of allylic oxidation sites excluding steroid dienone is 2. The van der Waals surface area contributed by atoms with E-state index >= 15 is 0 Å². The number of carbonyl (C=O) groups is 3. The molecule has 144 valence electrons. The minimum Gasteiger partial charge on any atom is -0.383 e. The van der Waals surface area contributed by atoms with Crippen molar-refractivity contribution in [2.24, 2.45) is 0 Å². The fourth-order valence-electron chi connectivity index (χ4n) is 3.08. The van der Waals surface area contributed by atoms with Crippen molar-refractivity contribution in [3.8, 4) is 0 Å². The molecule has 3 rings (SSSR count). The van der Waals surface area contributed by atoms with Crippen LogP contribution >= 0.6 is 0 Å². The van der Waals surface area contributed by atoms with Crippen LogP contribution in [0.5, 0.6) is 0 Å². The summed E-state index contributed by atoms with van der Waals surface area (Å²) in [6, 6.07) is 10.2. The zero-order valence-electron chi connectivity index (χ0n) is 15.8. The lowest BCUT2D eigenvalue weighted by Gasteiger charge is -2.29. The summed E-state index contributed by atoms with van der Waals surface area (Å²) in [5, 5.41) is 3.07. The molecule has 0 atom stereocenters. The van der Waals surface area contributed by atoms with Crippen LogP contribution in [0, 0.1) is 0 Å². The van der Waals surface area contributed by atoms with Gasteiger partial charge in [-0.1, -0.05) is 24.3 Å². The van der Waals surface area contributed by atoms with Crippen molar-refractivity contribution in [2.45, 2.75) is 13.5 Å². The molecule has 0 saturated carbocycles. The highest BCUT2D eigenvalue weighted by Gasteiger charge is 2.36. The van der Waals surface area contributed by atoms with Crippen molar-refractivity contribution in [2.75, 3.05) is 20.3 Å². The highest BCUT2D eigenvalue weighted by Crippen LogP contribution is 2.27. The number of aromatic nitrogens is 1. The summed E-state index contributed by atoms with van der Waals surface area (Å²) in [6.45, 7) is 2.09. The maximum atomic E-state index is 13.2. The van der Waals surface area contributed by atoms with Crippen LogP contribution in [0.4, 0.5) is 0 Å². The van der Waals surface area contributed by atoms with Crippen molar-refractivity contribution in [1.82, 2.24) is 15.2 Å². The summed E-state index contributed by atoms with van der Waals surface area (Å²) in [5.41, 5.74) is 1.69. The first-order valence-corrected chi connectivity index (χ1v) is 8.87. The first-order chi connectivity index (χ1) is 13.5. The Balaban J connectivity index is 2.06. The number of methoxy groups -OCH3 is 1. The third-order valence-corrected chi connectivity index (χ3v) is 4.48. The molecule has 0 aliphatic heterocycles. The maximum absolute atomic E-state index is 13.2. The Hall–Kier alpha value is -3.32. The Morgan fingerprint density at radius 3 is 2.32 bits per heavy atom. The SMILES string of the molecule is COCCN(C(C)=O)C1=C(NCc2ccncc2)C(=O)c2ccccc2C1=O. The van der Waals surface area contributed by atoms with Crippen LogP contribution in [0.1, 0.15) is 33.2 Å². The molecular weight excluding hydrogens is 358 g/mol. The van der Waals surface area contributed by atoms with Gasteiger partial charge in [-0.05, 0) is 17.7 Å².